The Bertz CT molecular complexity index is 808. The van der Waals surface area contributed by atoms with Crippen LogP contribution in [0.5, 0.6) is 11.5 Å². The molecule has 2 aromatic carbocycles. The van der Waals surface area contributed by atoms with Crippen LogP contribution in [0.4, 0.5) is 0 Å². The molecule has 0 radical (unpaired) electrons. The van der Waals surface area contributed by atoms with E-state index in [1.54, 1.807) is 11.8 Å². The third kappa shape index (κ3) is 3.46. The molecule has 0 aromatic heterocycles. The van der Waals surface area contributed by atoms with Crippen LogP contribution in [0.15, 0.2) is 47.4 Å². The van der Waals surface area contributed by atoms with Gasteiger partial charge in [-0.05, 0) is 37.8 Å². The van der Waals surface area contributed by atoms with Crippen molar-refractivity contribution < 1.29 is 14.3 Å². The molecule has 0 amide bonds. The van der Waals surface area contributed by atoms with E-state index in [9.17, 15) is 4.79 Å². The number of fused-ring (bicyclic) bond motifs is 1. The Morgan fingerprint density at radius 3 is 2.96 bits per heavy atom. The van der Waals surface area contributed by atoms with Crippen LogP contribution in [-0.4, -0.2) is 36.8 Å². The second-order valence-corrected chi connectivity index (χ2v) is 7.64. The number of carbonyl (C=O) groups excluding carboxylic acids is 1. The Labute approximate surface area is 158 Å². The maximum Gasteiger partial charge on any atom is 0.231 e. The first-order chi connectivity index (χ1) is 12.8. The Morgan fingerprint density at radius 1 is 1.19 bits per heavy atom. The van der Waals surface area contributed by atoms with Gasteiger partial charge in [-0.25, -0.2) is 0 Å². The summed E-state index contributed by atoms with van der Waals surface area (Å²) in [6.45, 7) is 2.89. The van der Waals surface area contributed by atoms with E-state index in [4.69, 9.17) is 9.47 Å². The SMILES string of the molecule is CSc1ccccc1C(=O)[C@@H]1CCCN(Cc2cccc3c2OCO3)C1. The van der Waals surface area contributed by atoms with Crippen molar-refractivity contribution in [2.24, 2.45) is 5.92 Å². The fourth-order valence-corrected chi connectivity index (χ4v) is 4.44. The van der Waals surface area contributed by atoms with Crippen LogP contribution >= 0.6 is 11.8 Å². The average molecular weight is 369 g/mol. The molecule has 1 atom stereocenters. The first kappa shape index (κ1) is 17.4. The van der Waals surface area contributed by atoms with Crippen molar-refractivity contribution in [3.8, 4) is 11.5 Å². The average Bonchev–Trinajstić information content (AvgIpc) is 3.17. The summed E-state index contributed by atoms with van der Waals surface area (Å²) in [7, 11) is 0. The largest absolute Gasteiger partial charge is 0.454 e. The van der Waals surface area contributed by atoms with E-state index < -0.39 is 0 Å². The topological polar surface area (TPSA) is 38.8 Å². The number of hydrogen-bond acceptors (Lipinski definition) is 5. The molecule has 2 aliphatic heterocycles. The highest BCUT2D eigenvalue weighted by molar-refractivity contribution is 7.98. The molecular weight excluding hydrogens is 346 g/mol. The molecule has 4 nitrogen and oxygen atoms in total. The van der Waals surface area contributed by atoms with Gasteiger partial charge in [-0.15, -0.1) is 11.8 Å². The minimum atomic E-state index is 0.0611. The minimum Gasteiger partial charge on any atom is -0.454 e. The van der Waals surface area contributed by atoms with Gasteiger partial charge in [-0.3, -0.25) is 9.69 Å². The van der Waals surface area contributed by atoms with Crippen molar-refractivity contribution in [2.45, 2.75) is 24.3 Å². The number of piperidine rings is 1. The van der Waals surface area contributed by atoms with Gasteiger partial charge in [0.25, 0.3) is 0 Å². The number of thioether (sulfide) groups is 1. The van der Waals surface area contributed by atoms with Gasteiger partial charge in [0.15, 0.2) is 17.3 Å². The Hall–Kier alpha value is -1.98. The van der Waals surface area contributed by atoms with Gasteiger partial charge in [0.2, 0.25) is 6.79 Å². The standard InChI is InChI=1S/C21H23NO3S/c1-26-19-10-3-2-8-17(19)20(23)15-7-5-11-22(12-15)13-16-6-4-9-18-21(16)25-14-24-18/h2-4,6,8-10,15H,5,7,11-14H2,1H3/t15-/m1/s1. The van der Waals surface area contributed by atoms with E-state index in [1.807, 2.05) is 42.7 Å². The molecule has 0 aliphatic carbocycles. The van der Waals surface area contributed by atoms with Crippen molar-refractivity contribution in [1.82, 2.24) is 4.90 Å². The zero-order chi connectivity index (χ0) is 17.9. The van der Waals surface area contributed by atoms with E-state index in [0.717, 1.165) is 60.0 Å². The maximum atomic E-state index is 13.1. The predicted molar refractivity (Wildman–Crippen MR) is 103 cm³/mol. The number of benzene rings is 2. The highest BCUT2D eigenvalue weighted by atomic mass is 32.2. The van der Waals surface area contributed by atoms with Gasteiger partial charge in [-0.2, -0.15) is 0 Å². The zero-order valence-corrected chi connectivity index (χ0v) is 15.8. The van der Waals surface area contributed by atoms with E-state index >= 15 is 0 Å². The number of Topliss-reactive ketones (excluding diaryl/α,β-unsaturated/α-hetero) is 1. The van der Waals surface area contributed by atoms with Crippen LogP contribution in [0.3, 0.4) is 0 Å². The molecule has 2 heterocycles. The van der Waals surface area contributed by atoms with Crippen LogP contribution in [0.25, 0.3) is 0 Å². The summed E-state index contributed by atoms with van der Waals surface area (Å²) in [6.07, 6.45) is 4.03. The number of para-hydroxylation sites is 1. The molecule has 26 heavy (non-hydrogen) atoms. The lowest BCUT2D eigenvalue weighted by molar-refractivity contribution is 0.0807. The van der Waals surface area contributed by atoms with E-state index in [-0.39, 0.29) is 11.7 Å². The van der Waals surface area contributed by atoms with Crippen molar-refractivity contribution >= 4 is 17.5 Å². The molecule has 1 saturated heterocycles. The van der Waals surface area contributed by atoms with Crippen molar-refractivity contribution in [3.05, 3.63) is 53.6 Å². The molecule has 1 fully saturated rings. The zero-order valence-electron chi connectivity index (χ0n) is 14.9. The predicted octanol–water partition coefficient (Wildman–Crippen LogP) is 4.23. The lowest BCUT2D eigenvalue weighted by Crippen LogP contribution is -2.38. The van der Waals surface area contributed by atoms with Crippen molar-refractivity contribution in [3.63, 3.8) is 0 Å². The lowest BCUT2D eigenvalue weighted by Gasteiger charge is -2.32. The quantitative estimate of drug-likeness (QED) is 0.582. The normalized spacial score (nSPS) is 19.5. The second kappa shape index (κ2) is 7.72. The smallest absolute Gasteiger partial charge is 0.231 e. The molecule has 4 rings (SSSR count). The molecule has 0 bridgehead atoms. The molecule has 2 aliphatic rings. The molecule has 0 N–H and O–H groups in total. The third-order valence-electron chi connectivity index (χ3n) is 5.12. The fraction of sp³-hybridized carbons (Fsp3) is 0.381. The summed E-state index contributed by atoms with van der Waals surface area (Å²) in [5.74, 6) is 2.01. The minimum absolute atomic E-state index is 0.0611. The monoisotopic (exact) mass is 369 g/mol. The van der Waals surface area contributed by atoms with Gasteiger partial charge < -0.3 is 9.47 Å². The van der Waals surface area contributed by atoms with Crippen molar-refractivity contribution in [2.75, 3.05) is 26.1 Å². The summed E-state index contributed by atoms with van der Waals surface area (Å²) in [4.78, 5) is 16.5. The summed E-state index contributed by atoms with van der Waals surface area (Å²) in [5, 5.41) is 0. The van der Waals surface area contributed by atoms with E-state index in [0.29, 0.717) is 6.79 Å². The van der Waals surface area contributed by atoms with E-state index in [1.165, 1.54) is 0 Å². The molecular formula is C21H23NO3S. The van der Waals surface area contributed by atoms with Crippen LogP contribution in [0, 0.1) is 5.92 Å². The Kier molecular flexibility index (Phi) is 5.18. The molecule has 5 heteroatoms. The Morgan fingerprint density at radius 2 is 2.08 bits per heavy atom. The number of carbonyl (C=O) groups is 1. The number of likely N-dealkylation sites (tertiary alicyclic amines) is 1. The highest BCUT2D eigenvalue weighted by Gasteiger charge is 2.29. The first-order valence-corrected chi connectivity index (χ1v) is 10.3. The molecule has 0 spiro atoms. The van der Waals surface area contributed by atoms with Crippen LogP contribution in [-0.2, 0) is 6.54 Å². The molecule has 0 unspecified atom stereocenters. The van der Waals surface area contributed by atoms with Gasteiger partial charge in [0.1, 0.15) is 0 Å². The molecule has 2 aromatic rings. The van der Waals surface area contributed by atoms with Gasteiger partial charge in [0.05, 0.1) is 0 Å². The van der Waals surface area contributed by atoms with Gasteiger partial charge >= 0.3 is 0 Å². The molecule has 136 valence electrons. The summed E-state index contributed by atoms with van der Waals surface area (Å²) in [5.41, 5.74) is 2.00. The van der Waals surface area contributed by atoms with Gasteiger partial charge in [-0.1, -0.05) is 30.3 Å². The fourth-order valence-electron chi connectivity index (χ4n) is 3.84. The number of ketones is 1. The highest BCUT2D eigenvalue weighted by Crippen LogP contribution is 2.36. The number of nitrogens with zero attached hydrogens (tertiary/aromatic N) is 1. The van der Waals surface area contributed by atoms with Crippen LogP contribution in [0.1, 0.15) is 28.8 Å². The third-order valence-corrected chi connectivity index (χ3v) is 5.92. The van der Waals surface area contributed by atoms with Crippen molar-refractivity contribution in [1.29, 1.82) is 0 Å². The first-order valence-electron chi connectivity index (χ1n) is 9.03. The summed E-state index contributed by atoms with van der Waals surface area (Å²) >= 11 is 1.64. The van der Waals surface area contributed by atoms with Crippen LogP contribution in [0.2, 0.25) is 0 Å². The maximum absolute atomic E-state index is 13.1. The summed E-state index contributed by atoms with van der Waals surface area (Å²) in [6, 6.07) is 14.0. The number of hydrogen-bond donors (Lipinski definition) is 0. The van der Waals surface area contributed by atoms with Crippen LogP contribution < -0.4 is 9.47 Å². The second-order valence-electron chi connectivity index (χ2n) is 6.79. The lowest BCUT2D eigenvalue weighted by atomic mass is 9.89. The van der Waals surface area contributed by atoms with Gasteiger partial charge in [0, 0.05) is 35.0 Å². The number of ether oxygens (including phenoxy) is 2. The Balaban J connectivity index is 1.48. The summed E-state index contributed by atoms with van der Waals surface area (Å²) < 4.78 is 11.1. The molecule has 0 saturated carbocycles. The van der Waals surface area contributed by atoms with E-state index in [2.05, 4.69) is 11.0 Å². The number of rotatable bonds is 5.